The number of ether oxygens (including phenoxy) is 2. The summed E-state index contributed by atoms with van der Waals surface area (Å²) in [5.41, 5.74) is 0.952. The molecule has 2 nitrogen and oxygen atoms in total. The summed E-state index contributed by atoms with van der Waals surface area (Å²) in [5.74, 6) is 0.283. The summed E-state index contributed by atoms with van der Waals surface area (Å²) in [5, 5.41) is 0.657. The molecule has 91 valence electrons. The Balaban J connectivity index is 1.99. The first-order valence-corrected chi connectivity index (χ1v) is 6.56. The lowest BCUT2D eigenvalue weighted by molar-refractivity contribution is -0.234. The van der Waals surface area contributed by atoms with Gasteiger partial charge in [0, 0.05) is 18.4 Å². The van der Waals surface area contributed by atoms with E-state index in [2.05, 4.69) is 6.92 Å². The van der Waals surface area contributed by atoms with Crippen molar-refractivity contribution in [2.45, 2.75) is 44.0 Å². The zero-order valence-corrected chi connectivity index (χ0v) is 10.5. The maximum atomic E-state index is 6.20. The first-order chi connectivity index (χ1) is 8.20. The van der Waals surface area contributed by atoms with Crippen LogP contribution in [0.15, 0.2) is 18.2 Å². The third kappa shape index (κ3) is 1.94. The fourth-order valence-electron chi connectivity index (χ4n) is 2.73. The van der Waals surface area contributed by atoms with E-state index < -0.39 is 5.79 Å². The molecule has 1 atom stereocenters. The molecule has 17 heavy (non-hydrogen) atoms. The molecule has 1 aliphatic carbocycles. The normalized spacial score (nSPS) is 26.4. The second-order valence-corrected chi connectivity index (χ2v) is 5.25. The molecule has 1 aromatic carbocycles. The number of hydrogen-bond donors (Lipinski definition) is 0. The minimum absolute atomic E-state index is 0.185. The fraction of sp³-hybridized carbons (Fsp3) is 0.500. The highest BCUT2D eigenvalue weighted by molar-refractivity contribution is 6.32. The molecule has 0 amide bonds. The van der Waals surface area contributed by atoms with Crippen molar-refractivity contribution < 1.29 is 9.47 Å². The van der Waals surface area contributed by atoms with Crippen LogP contribution in [0.1, 0.15) is 43.8 Å². The highest BCUT2D eigenvalue weighted by Gasteiger charge is 2.42. The summed E-state index contributed by atoms with van der Waals surface area (Å²) < 4.78 is 12.1. The van der Waals surface area contributed by atoms with Crippen molar-refractivity contribution in [1.29, 1.82) is 0 Å². The number of fused-ring (bicyclic) bond motifs is 1. The van der Waals surface area contributed by atoms with Gasteiger partial charge >= 0.3 is 0 Å². The van der Waals surface area contributed by atoms with Gasteiger partial charge in [0.2, 0.25) is 5.79 Å². The van der Waals surface area contributed by atoms with Crippen LogP contribution in [-0.4, -0.2) is 5.79 Å². The van der Waals surface area contributed by atoms with Crippen molar-refractivity contribution in [2.24, 2.45) is 0 Å². The third-order valence-electron chi connectivity index (χ3n) is 3.60. The van der Waals surface area contributed by atoms with Gasteiger partial charge in [-0.15, -0.1) is 0 Å². The topological polar surface area (TPSA) is 18.5 Å². The average Bonchev–Trinajstić information content (AvgIpc) is 2.32. The predicted molar refractivity (Wildman–Crippen MR) is 67.1 cm³/mol. The van der Waals surface area contributed by atoms with Crippen LogP contribution in [0.5, 0.6) is 5.75 Å². The first-order valence-electron chi connectivity index (χ1n) is 6.19. The van der Waals surface area contributed by atoms with Gasteiger partial charge in [-0.05, 0) is 25.8 Å². The van der Waals surface area contributed by atoms with Crippen LogP contribution < -0.4 is 4.74 Å². The van der Waals surface area contributed by atoms with E-state index in [1.807, 2.05) is 18.2 Å². The van der Waals surface area contributed by atoms with E-state index >= 15 is 0 Å². The Morgan fingerprint density at radius 2 is 2.00 bits per heavy atom. The lowest BCUT2D eigenvalue weighted by Gasteiger charge is -2.43. The van der Waals surface area contributed by atoms with Gasteiger partial charge in [-0.1, -0.05) is 30.2 Å². The van der Waals surface area contributed by atoms with Crippen molar-refractivity contribution >= 4 is 11.6 Å². The maximum Gasteiger partial charge on any atom is 0.211 e. The van der Waals surface area contributed by atoms with Gasteiger partial charge in [0.05, 0.1) is 11.1 Å². The number of halogens is 1. The van der Waals surface area contributed by atoms with Crippen molar-refractivity contribution in [3.05, 3.63) is 35.7 Å². The van der Waals surface area contributed by atoms with E-state index in [0.29, 0.717) is 5.02 Å². The molecule has 0 saturated heterocycles. The second-order valence-electron chi connectivity index (χ2n) is 4.84. The Labute approximate surface area is 107 Å². The Kier molecular flexibility index (Phi) is 2.80. The van der Waals surface area contributed by atoms with E-state index in [-0.39, 0.29) is 6.10 Å². The Hall–Kier alpha value is -0.730. The van der Waals surface area contributed by atoms with Crippen LogP contribution in [0, 0.1) is 6.92 Å². The first kappa shape index (κ1) is 11.4. The van der Waals surface area contributed by atoms with Gasteiger partial charge in [0.25, 0.3) is 0 Å². The molecule has 3 heteroatoms. The van der Waals surface area contributed by atoms with Gasteiger partial charge < -0.3 is 9.47 Å². The Morgan fingerprint density at radius 3 is 2.76 bits per heavy atom. The highest BCUT2D eigenvalue weighted by atomic mass is 35.5. The molecule has 3 rings (SSSR count). The van der Waals surface area contributed by atoms with Gasteiger partial charge in [0.15, 0.2) is 0 Å². The molecule has 1 fully saturated rings. The molecule has 2 aliphatic rings. The lowest BCUT2D eigenvalue weighted by atomic mass is 9.92. The van der Waals surface area contributed by atoms with Crippen molar-refractivity contribution in [3.63, 3.8) is 0 Å². The summed E-state index contributed by atoms with van der Waals surface area (Å²) in [6.07, 6.45) is 5.23. The molecule has 1 radical (unpaired) electrons. The summed E-state index contributed by atoms with van der Waals surface area (Å²) >= 11 is 6.20. The summed E-state index contributed by atoms with van der Waals surface area (Å²) in [7, 11) is 0. The average molecular weight is 252 g/mol. The number of benzene rings is 1. The standard InChI is InChI=1S/C14H16ClO2/c1-10-11-6-5-7-12(15)13(11)17-14(16-10)8-3-2-4-9-14/h5-7,10H,1-4,8-9H2. The maximum absolute atomic E-state index is 6.20. The van der Waals surface area contributed by atoms with Crippen LogP contribution in [0.25, 0.3) is 0 Å². The van der Waals surface area contributed by atoms with Crippen molar-refractivity contribution in [3.8, 4) is 5.75 Å². The molecule has 1 aliphatic heterocycles. The molecule has 1 spiro atoms. The van der Waals surface area contributed by atoms with Gasteiger partial charge in [-0.3, -0.25) is 0 Å². The summed E-state index contributed by atoms with van der Waals surface area (Å²) in [6, 6.07) is 5.73. The molecule has 1 saturated carbocycles. The molecule has 1 unspecified atom stereocenters. The van der Waals surface area contributed by atoms with Crippen molar-refractivity contribution in [1.82, 2.24) is 0 Å². The molecule has 0 bridgehead atoms. The van der Waals surface area contributed by atoms with Crippen molar-refractivity contribution in [2.75, 3.05) is 0 Å². The summed E-state index contributed by atoms with van der Waals surface area (Å²) in [4.78, 5) is 0. The predicted octanol–water partition coefficient (Wildman–Crippen LogP) is 4.28. The van der Waals surface area contributed by atoms with E-state index in [1.165, 1.54) is 6.42 Å². The minimum atomic E-state index is -0.483. The van der Waals surface area contributed by atoms with E-state index in [4.69, 9.17) is 21.1 Å². The van der Waals surface area contributed by atoms with E-state index in [1.54, 1.807) is 0 Å². The van der Waals surface area contributed by atoms with E-state index in [0.717, 1.165) is 37.0 Å². The van der Waals surface area contributed by atoms with Gasteiger partial charge in [-0.2, -0.15) is 0 Å². The van der Waals surface area contributed by atoms with Gasteiger partial charge in [0.1, 0.15) is 5.75 Å². The van der Waals surface area contributed by atoms with E-state index in [9.17, 15) is 0 Å². The molecular formula is C14H16ClO2. The smallest absolute Gasteiger partial charge is 0.211 e. The third-order valence-corrected chi connectivity index (χ3v) is 3.90. The molecule has 1 aromatic rings. The second kappa shape index (κ2) is 4.18. The zero-order valence-electron chi connectivity index (χ0n) is 9.75. The fourth-order valence-corrected chi connectivity index (χ4v) is 2.95. The quantitative estimate of drug-likeness (QED) is 0.685. The molecule has 0 N–H and O–H groups in total. The summed E-state index contributed by atoms with van der Waals surface area (Å²) in [6.45, 7) is 4.07. The van der Waals surface area contributed by atoms with Crippen LogP contribution in [0.4, 0.5) is 0 Å². The van der Waals surface area contributed by atoms with Crippen LogP contribution >= 0.6 is 11.6 Å². The number of rotatable bonds is 0. The largest absolute Gasteiger partial charge is 0.460 e. The minimum Gasteiger partial charge on any atom is -0.460 e. The SMILES string of the molecule is [CH2]C1OC2(CCCCC2)Oc2c(Cl)cccc21. The lowest BCUT2D eigenvalue weighted by Crippen LogP contribution is -2.44. The van der Waals surface area contributed by atoms with Crippen LogP contribution in [0.3, 0.4) is 0 Å². The molecule has 1 heterocycles. The molecule has 0 aromatic heterocycles. The number of para-hydroxylation sites is 1. The van der Waals surface area contributed by atoms with Crippen LogP contribution in [0.2, 0.25) is 5.02 Å². The monoisotopic (exact) mass is 251 g/mol. The molecular weight excluding hydrogens is 236 g/mol. The Bertz CT molecular complexity index is 424. The Morgan fingerprint density at radius 1 is 1.24 bits per heavy atom. The van der Waals surface area contributed by atoms with Crippen LogP contribution in [-0.2, 0) is 4.74 Å². The number of hydrogen-bond acceptors (Lipinski definition) is 2. The highest BCUT2D eigenvalue weighted by Crippen LogP contribution is 2.47. The van der Waals surface area contributed by atoms with Gasteiger partial charge in [-0.25, -0.2) is 0 Å². The zero-order chi connectivity index (χ0) is 11.9.